The predicted molar refractivity (Wildman–Crippen MR) is 78.4 cm³/mol. The fourth-order valence-corrected chi connectivity index (χ4v) is 3.15. The Bertz CT molecular complexity index is 564. The molecule has 1 aromatic carbocycles. The first-order chi connectivity index (χ1) is 9.39. The number of nitrogens with two attached hydrogens (primary N) is 1. The van der Waals surface area contributed by atoms with Crippen molar-refractivity contribution in [2.75, 3.05) is 26.8 Å². The molecule has 0 saturated carbocycles. The third kappa shape index (κ3) is 4.48. The molecule has 0 fully saturated rings. The topological polar surface area (TPSA) is 72.6 Å². The lowest BCUT2D eigenvalue weighted by Crippen LogP contribution is -2.36. The Morgan fingerprint density at radius 2 is 2.05 bits per heavy atom. The van der Waals surface area contributed by atoms with Crippen molar-refractivity contribution in [2.24, 2.45) is 5.73 Å². The number of thiocarbonyl (C=S) groups is 1. The number of halogens is 1. The summed E-state index contributed by atoms with van der Waals surface area (Å²) in [5.41, 5.74) is 5.39. The predicted octanol–water partition coefficient (Wildman–Crippen LogP) is 1.14. The van der Waals surface area contributed by atoms with Gasteiger partial charge in [-0.05, 0) is 12.1 Å². The normalized spacial score (nSPS) is 11.8. The lowest BCUT2D eigenvalue weighted by molar-refractivity contribution is 0.179. The van der Waals surface area contributed by atoms with Gasteiger partial charge in [0.1, 0.15) is 10.7 Å². The highest BCUT2D eigenvalue weighted by molar-refractivity contribution is 7.89. The monoisotopic (exact) mass is 320 g/mol. The van der Waals surface area contributed by atoms with Crippen LogP contribution in [0.5, 0.6) is 0 Å². The van der Waals surface area contributed by atoms with Crippen molar-refractivity contribution in [3.05, 3.63) is 30.1 Å². The summed E-state index contributed by atoms with van der Waals surface area (Å²) in [6, 6.07) is 5.24. The average Bonchev–Trinajstić information content (AvgIpc) is 2.38. The van der Waals surface area contributed by atoms with E-state index in [1.54, 1.807) is 0 Å². The summed E-state index contributed by atoms with van der Waals surface area (Å²) in [5.74, 6) is -0.787. The molecule has 0 aliphatic heterocycles. The minimum absolute atomic E-state index is 0.0926. The van der Waals surface area contributed by atoms with Gasteiger partial charge in [-0.25, -0.2) is 12.8 Å². The van der Waals surface area contributed by atoms with Gasteiger partial charge in [0.05, 0.1) is 11.6 Å². The highest BCUT2D eigenvalue weighted by Gasteiger charge is 2.26. The molecular weight excluding hydrogens is 303 g/mol. The molecule has 0 spiro atoms. The molecule has 0 aromatic heterocycles. The number of ether oxygens (including phenoxy) is 1. The second-order valence-electron chi connectivity index (χ2n) is 4.04. The highest BCUT2D eigenvalue weighted by atomic mass is 32.2. The Labute approximate surface area is 123 Å². The van der Waals surface area contributed by atoms with E-state index in [4.69, 9.17) is 22.7 Å². The maximum absolute atomic E-state index is 13.7. The van der Waals surface area contributed by atoms with Crippen LogP contribution in [0.2, 0.25) is 0 Å². The van der Waals surface area contributed by atoms with Gasteiger partial charge in [-0.15, -0.1) is 0 Å². The smallest absolute Gasteiger partial charge is 0.246 e. The summed E-state index contributed by atoms with van der Waals surface area (Å²) in [5, 5.41) is 0. The van der Waals surface area contributed by atoms with E-state index in [2.05, 4.69) is 0 Å². The van der Waals surface area contributed by atoms with Crippen LogP contribution >= 0.6 is 12.2 Å². The third-order valence-corrected chi connectivity index (χ3v) is 4.74. The number of nitrogens with zero attached hydrogens (tertiary/aromatic N) is 1. The molecule has 0 aliphatic rings. The van der Waals surface area contributed by atoms with E-state index in [-0.39, 0.29) is 36.0 Å². The van der Waals surface area contributed by atoms with E-state index in [9.17, 15) is 12.8 Å². The molecule has 0 bridgehead atoms. The number of hydrogen-bond donors (Lipinski definition) is 1. The maximum Gasteiger partial charge on any atom is 0.246 e. The van der Waals surface area contributed by atoms with Gasteiger partial charge in [0.15, 0.2) is 0 Å². The summed E-state index contributed by atoms with van der Waals surface area (Å²) in [6.07, 6.45) is 0.229. The molecule has 0 amide bonds. The second kappa shape index (κ2) is 7.63. The molecule has 0 heterocycles. The summed E-state index contributed by atoms with van der Waals surface area (Å²) in [6.45, 7) is 0.399. The third-order valence-electron chi connectivity index (χ3n) is 2.61. The van der Waals surface area contributed by atoms with Gasteiger partial charge in [0, 0.05) is 26.6 Å². The van der Waals surface area contributed by atoms with Crippen LogP contribution in [0.25, 0.3) is 0 Å². The SMILES string of the molecule is COCCN(CCC(N)=S)S(=O)(=O)c1ccccc1F. The fraction of sp³-hybridized carbons (Fsp3) is 0.417. The lowest BCUT2D eigenvalue weighted by Gasteiger charge is -2.21. The summed E-state index contributed by atoms with van der Waals surface area (Å²) in [4.78, 5) is -0.157. The number of rotatable bonds is 8. The second-order valence-corrected chi connectivity index (χ2v) is 6.47. The first kappa shape index (κ1) is 17.0. The van der Waals surface area contributed by atoms with Gasteiger partial charge in [0.2, 0.25) is 10.0 Å². The minimum Gasteiger partial charge on any atom is -0.393 e. The molecule has 0 saturated heterocycles. The van der Waals surface area contributed by atoms with Crippen LogP contribution in [0.3, 0.4) is 0 Å². The van der Waals surface area contributed by atoms with Gasteiger partial charge >= 0.3 is 0 Å². The van der Waals surface area contributed by atoms with E-state index >= 15 is 0 Å². The molecule has 112 valence electrons. The molecule has 0 aliphatic carbocycles. The minimum atomic E-state index is -3.94. The van der Waals surface area contributed by atoms with E-state index in [0.29, 0.717) is 0 Å². The van der Waals surface area contributed by atoms with Gasteiger partial charge in [-0.2, -0.15) is 4.31 Å². The summed E-state index contributed by atoms with van der Waals surface area (Å²) < 4.78 is 44.5. The van der Waals surface area contributed by atoms with Gasteiger partial charge in [0.25, 0.3) is 0 Å². The van der Waals surface area contributed by atoms with Crippen LogP contribution in [0.4, 0.5) is 4.39 Å². The fourth-order valence-electron chi connectivity index (χ4n) is 1.57. The first-order valence-electron chi connectivity index (χ1n) is 5.91. The van der Waals surface area contributed by atoms with E-state index in [1.165, 1.54) is 25.3 Å². The largest absolute Gasteiger partial charge is 0.393 e. The molecule has 0 atom stereocenters. The van der Waals surface area contributed by atoms with Crippen LogP contribution < -0.4 is 5.73 Å². The van der Waals surface area contributed by atoms with Crippen LogP contribution in [0.15, 0.2) is 29.2 Å². The van der Waals surface area contributed by atoms with Crippen molar-refractivity contribution in [1.82, 2.24) is 4.31 Å². The van der Waals surface area contributed by atoms with Gasteiger partial charge in [-0.1, -0.05) is 24.4 Å². The van der Waals surface area contributed by atoms with Crippen LogP contribution in [0, 0.1) is 5.82 Å². The van der Waals surface area contributed by atoms with Crippen LogP contribution in [-0.4, -0.2) is 44.5 Å². The number of hydrogen-bond acceptors (Lipinski definition) is 4. The Morgan fingerprint density at radius 3 is 2.60 bits per heavy atom. The van der Waals surface area contributed by atoms with E-state index < -0.39 is 15.8 Å². The Morgan fingerprint density at radius 1 is 1.40 bits per heavy atom. The molecule has 1 rings (SSSR count). The number of sulfonamides is 1. The van der Waals surface area contributed by atoms with E-state index in [0.717, 1.165) is 10.4 Å². The summed E-state index contributed by atoms with van der Waals surface area (Å²) >= 11 is 4.74. The molecule has 5 nitrogen and oxygen atoms in total. The molecular formula is C12H17FN2O3S2. The zero-order valence-electron chi connectivity index (χ0n) is 11.1. The molecule has 8 heteroatoms. The Balaban J connectivity index is 3.03. The molecule has 0 radical (unpaired) electrons. The van der Waals surface area contributed by atoms with Crippen molar-refractivity contribution >= 4 is 27.2 Å². The van der Waals surface area contributed by atoms with Crippen molar-refractivity contribution in [2.45, 2.75) is 11.3 Å². The molecule has 1 aromatic rings. The van der Waals surface area contributed by atoms with Gasteiger partial charge < -0.3 is 10.5 Å². The molecule has 20 heavy (non-hydrogen) atoms. The standard InChI is InChI=1S/C12H17FN2O3S2/c1-18-9-8-15(7-6-12(14)19)20(16,17)11-5-3-2-4-10(11)13/h2-5H,6-9H2,1H3,(H2,14,19). The first-order valence-corrected chi connectivity index (χ1v) is 7.76. The average molecular weight is 320 g/mol. The molecule has 2 N–H and O–H groups in total. The lowest BCUT2D eigenvalue weighted by atomic mass is 10.3. The number of benzene rings is 1. The van der Waals surface area contributed by atoms with E-state index in [1.807, 2.05) is 0 Å². The molecule has 0 unspecified atom stereocenters. The van der Waals surface area contributed by atoms with Crippen LogP contribution in [-0.2, 0) is 14.8 Å². The van der Waals surface area contributed by atoms with Crippen LogP contribution in [0.1, 0.15) is 6.42 Å². The highest BCUT2D eigenvalue weighted by Crippen LogP contribution is 2.19. The zero-order chi connectivity index (χ0) is 15.2. The Hall–Kier alpha value is -1.09. The van der Waals surface area contributed by atoms with Crippen molar-refractivity contribution in [3.8, 4) is 0 Å². The number of methoxy groups -OCH3 is 1. The van der Waals surface area contributed by atoms with Crippen molar-refractivity contribution in [3.63, 3.8) is 0 Å². The Kier molecular flexibility index (Phi) is 6.47. The van der Waals surface area contributed by atoms with Crippen molar-refractivity contribution in [1.29, 1.82) is 0 Å². The zero-order valence-corrected chi connectivity index (χ0v) is 12.7. The summed E-state index contributed by atoms with van der Waals surface area (Å²) in [7, 11) is -2.48. The van der Waals surface area contributed by atoms with Crippen molar-refractivity contribution < 1.29 is 17.5 Å². The maximum atomic E-state index is 13.7. The quantitative estimate of drug-likeness (QED) is 0.727. The van der Waals surface area contributed by atoms with Gasteiger partial charge in [-0.3, -0.25) is 0 Å².